The molecule has 0 atom stereocenters. The topological polar surface area (TPSA) is 61.0 Å². The number of ether oxygens (including phenoxy) is 1. The molecular weight excluding hydrogens is 201 g/mol. The summed E-state index contributed by atoms with van der Waals surface area (Å²) < 4.78 is 5.10. The second kappa shape index (κ2) is 5.99. The van der Waals surface area contributed by atoms with Crippen molar-refractivity contribution in [1.82, 2.24) is 9.97 Å². The Morgan fingerprint density at radius 3 is 2.50 bits per heavy atom. The third kappa shape index (κ3) is 3.71. The lowest BCUT2D eigenvalue weighted by molar-refractivity contribution is 0.325. The number of aromatic nitrogens is 2. The van der Waals surface area contributed by atoms with Gasteiger partial charge in [-0.2, -0.15) is 0 Å². The van der Waals surface area contributed by atoms with Gasteiger partial charge in [-0.25, -0.2) is 9.97 Å². The van der Waals surface area contributed by atoms with Gasteiger partial charge < -0.3 is 10.5 Å². The molecule has 68 valence electrons. The van der Waals surface area contributed by atoms with Crippen molar-refractivity contribution in [2.24, 2.45) is 5.73 Å². The van der Waals surface area contributed by atoms with Crippen molar-refractivity contribution in [3.8, 4) is 5.75 Å². The lowest BCUT2D eigenvalue weighted by Crippen LogP contribution is -2.10. The number of hydrogen-bond acceptors (Lipinski definition) is 4. The first-order valence-corrected chi connectivity index (χ1v) is 3.51. The summed E-state index contributed by atoms with van der Waals surface area (Å²) in [6.07, 6.45) is 3.01. The van der Waals surface area contributed by atoms with E-state index in [0.29, 0.717) is 18.9 Å². The molecule has 6 heteroatoms. The third-order valence-electron chi connectivity index (χ3n) is 0.983. The fraction of sp³-hybridized carbons (Fsp3) is 0.333. The van der Waals surface area contributed by atoms with Gasteiger partial charge in [-0.3, -0.25) is 0 Å². The zero-order valence-electron chi connectivity index (χ0n) is 6.24. The van der Waals surface area contributed by atoms with Crippen LogP contribution in [0, 0.1) is 0 Å². The minimum Gasteiger partial charge on any atom is -0.489 e. The zero-order valence-corrected chi connectivity index (χ0v) is 7.81. The SMILES string of the molecule is Cl.NCCOc1cnc(Cl)nc1. The summed E-state index contributed by atoms with van der Waals surface area (Å²) in [5, 5.41) is 0.213. The van der Waals surface area contributed by atoms with Crippen LogP contribution in [0.2, 0.25) is 5.28 Å². The highest BCUT2D eigenvalue weighted by Gasteiger charge is 1.93. The maximum Gasteiger partial charge on any atom is 0.222 e. The number of halogens is 2. The van der Waals surface area contributed by atoms with E-state index in [0.717, 1.165) is 0 Å². The fourth-order valence-corrected chi connectivity index (χ4v) is 0.649. The molecule has 0 aliphatic heterocycles. The van der Waals surface area contributed by atoms with Crippen molar-refractivity contribution in [3.05, 3.63) is 17.7 Å². The second-order valence-electron chi connectivity index (χ2n) is 1.82. The number of nitrogens with zero attached hydrogens (tertiary/aromatic N) is 2. The maximum absolute atomic E-state index is 5.44. The van der Waals surface area contributed by atoms with Gasteiger partial charge in [-0.15, -0.1) is 12.4 Å². The van der Waals surface area contributed by atoms with Gasteiger partial charge in [0.05, 0.1) is 12.4 Å². The molecule has 4 nitrogen and oxygen atoms in total. The monoisotopic (exact) mass is 209 g/mol. The molecule has 1 heterocycles. The van der Waals surface area contributed by atoms with Crippen LogP contribution in [0.5, 0.6) is 5.75 Å². The molecule has 2 N–H and O–H groups in total. The lowest BCUT2D eigenvalue weighted by Gasteiger charge is -2.01. The van der Waals surface area contributed by atoms with E-state index >= 15 is 0 Å². The maximum atomic E-state index is 5.44. The summed E-state index contributed by atoms with van der Waals surface area (Å²) in [6.45, 7) is 0.938. The first-order valence-electron chi connectivity index (χ1n) is 3.13. The normalized spacial score (nSPS) is 8.83. The Morgan fingerprint density at radius 2 is 2.00 bits per heavy atom. The Labute approximate surface area is 81.5 Å². The zero-order chi connectivity index (χ0) is 8.10. The molecule has 0 saturated heterocycles. The molecule has 1 rings (SSSR count). The van der Waals surface area contributed by atoms with Crippen LogP contribution >= 0.6 is 24.0 Å². The van der Waals surface area contributed by atoms with E-state index in [4.69, 9.17) is 22.1 Å². The molecule has 0 aliphatic rings. The van der Waals surface area contributed by atoms with Gasteiger partial charge in [0.1, 0.15) is 6.61 Å². The smallest absolute Gasteiger partial charge is 0.222 e. The summed E-state index contributed by atoms with van der Waals surface area (Å²) in [5.74, 6) is 0.583. The quantitative estimate of drug-likeness (QED) is 0.752. The number of rotatable bonds is 3. The Kier molecular flexibility index (Phi) is 5.70. The van der Waals surface area contributed by atoms with Gasteiger partial charge in [-0.1, -0.05) is 0 Å². The standard InChI is InChI=1S/C6H8ClN3O.ClH/c7-6-9-3-5(4-10-6)11-2-1-8;/h3-4H,1-2,8H2;1H. The molecule has 1 aromatic rings. The summed E-state index contributed by atoms with van der Waals surface area (Å²) in [7, 11) is 0. The van der Waals surface area contributed by atoms with Crippen LogP contribution in [0.1, 0.15) is 0 Å². The average Bonchev–Trinajstić information content (AvgIpc) is 2.04. The molecule has 0 radical (unpaired) electrons. The molecule has 0 saturated carbocycles. The van der Waals surface area contributed by atoms with Crippen LogP contribution < -0.4 is 10.5 Å². The van der Waals surface area contributed by atoms with Crippen molar-refractivity contribution < 1.29 is 4.74 Å². The fourth-order valence-electron chi connectivity index (χ4n) is 0.552. The van der Waals surface area contributed by atoms with E-state index in [-0.39, 0.29) is 17.7 Å². The highest BCUT2D eigenvalue weighted by Crippen LogP contribution is 2.07. The van der Waals surface area contributed by atoms with E-state index in [1.54, 1.807) is 0 Å². The van der Waals surface area contributed by atoms with E-state index in [2.05, 4.69) is 9.97 Å². The summed E-state index contributed by atoms with van der Waals surface area (Å²) >= 11 is 5.44. The van der Waals surface area contributed by atoms with Gasteiger partial charge >= 0.3 is 0 Å². The highest BCUT2D eigenvalue weighted by molar-refractivity contribution is 6.28. The van der Waals surface area contributed by atoms with Crippen LogP contribution in [0.15, 0.2) is 12.4 Å². The predicted molar refractivity (Wildman–Crippen MR) is 48.8 cm³/mol. The van der Waals surface area contributed by atoms with Crippen LogP contribution in [0.3, 0.4) is 0 Å². The van der Waals surface area contributed by atoms with E-state index in [1.807, 2.05) is 0 Å². The van der Waals surface area contributed by atoms with Gasteiger partial charge in [0.25, 0.3) is 0 Å². The highest BCUT2D eigenvalue weighted by atomic mass is 35.5. The van der Waals surface area contributed by atoms with Crippen LogP contribution in [-0.2, 0) is 0 Å². The van der Waals surface area contributed by atoms with Gasteiger partial charge in [0, 0.05) is 6.54 Å². The van der Waals surface area contributed by atoms with Crippen molar-refractivity contribution in [3.63, 3.8) is 0 Å². The second-order valence-corrected chi connectivity index (χ2v) is 2.16. The molecule has 0 bridgehead atoms. The van der Waals surface area contributed by atoms with Gasteiger partial charge in [-0.05, 0) is 11.6 Å². The van der Waals surface area contributed by atoms with Gasteiger partial charge in [0.15, 0.2) is 5.75 Å². The minimum absolute atomic E-state index is 0. The van der Waals surface area contributed by atoms with Crippen LogP contribution in [-0.4, -0.2) is 23.1 Å². The third-order valence-corrected chi connectivity index (χ3v) is 1.18. The Hall–Kier alpha value is -0.580. The Balaban J connectivity index is 0.00000121. The average molecular weight is 210 g/mol. The van der Waals surface area contributed by atoms with E-state index in [1.165, 1.54) is 12.4 Å². The molecule has 0 fully saturated rings. The van der Waals surface area contributed by atoms with E-state index in [9.17, 15) is 0 Å². The lowest BCUT2D eigenvalue weighted by atomic mass is 10.6. The molecule has 1 aromatic heterocycles. The first kappa shape index (κ1) is 11.4. The first-order chi connectivity index (χ1) is 5.33. The van der Waals surface area contributed by atoms with Crippen molar-refractivity contribution in [2.75, 3.05) is 13.2 Å². The summed E-state index contributed by atoms with van der Waals surface area (Å²) in [4.78, 5) is 7.44. The van der Waals surface area contributed by atoms with Crippen molar-refractivity contribution >= 4 is 24.0 Å². The van der Waals surface area contributed by atoms with Crippen LogP contribution in [0.4, 0.5) is 0 Å². The summed E-state index contributed by atoms with van der Waals surface area (Å²) in [5.41, 5.74) is 5.21. The minimum atomic E-state index is 0. The van der Waals surface area contributed by atoms with E-state index < -0.39 is 0 Å². The molecule has 12 heavy (non-hydrogen) atoms. The number of nitrogens with two attached hydrogens (primary N) is 1. The Bertz CT molecular complexity index is 217. The van der Waals surface area contributed by atoms with Crippen LogP contribution in [0.25, 0.3) is 0 Å². The molecule has 0 spiro atoms. The molecule has 0 unspecified atom stereocenters. The molecule has 0 aliphatic carbocycles. The number of hydrogen-bond donors (Lipinski definition) is 1. The van der Waals surface area contributed by atoms with Crippen molar-refractivity contribution in [1.29, 1.82) is 0 Å². The Morgan fingerprint density at radius 1 is 1.42 bits per heavy atom. The molecular formula is C6H9Cl2N3O. The summed E-state index contributed by atoms with van der Waals surface area (Å²) in [6, 6.07) is 0. The largest absolute Gasteiger partial charge is 0.489 e. The van der Waals surface area contributed by atoms with Crippen molar-refractivity contribution in [2.45, 2.75) is 0 Å². The van der Waals surface area contributed by atoms with Gasteiger partial charge in [0.2, 0.25) is 5.28 Å². The molecule has 0 aromatic carbocycles. The molecule has 0 amide bonds. The predicted octanol–water partition coefficient (Wildman–Crippen LogP) is 0.889.